The Bertz CT molecular complexity index is 242. The topological polar surface area (TPSA) is 71.1 Å². The van der Waals surface area contributed by atoms with E-state index in [-0.39, 0.29) is 11.9 Å². The normalized spacial score (nSPS) is 9.52. The summed E-state index contributed by atoms with van der Waals surface area (Å²) in [5, 5.41) is 0. The lowest BCUT2D eigenvalue weighted by atomic mass is 10.4. The molecule has 21 heavy (non-hydrogen) atoms. The second-order valence-electron chi connectivity index (χ2n) is 4.26. The van der Waals surface area contributed by atoms with Crippen molar-refractivity contribution in [3.8, 4) is 0 Å². The number of carbonyl (C=O) groups excluding carboxylic acids is 2. The van der Waals surface area contributed by atoms with Crippen LogP contribution in [-0.2, 0) is 28.5 Å². The molecule has 6 heteroatoms. The third-order valence-electron chi connectivity index (χ3n) is 2.06. The second-order valence-corrected chi connectivity index (χ2v) is 4.26. The van der Waals surface area contributed by atoms with Crippen molar-refractivity contribution < 1.29 is 28.5 Å². The average Bonchev–Trinajstić information content (AvgIpc) is 2.42. The van der Waals surface area contributed by atoms with Crippen LogP contribution >= 0.6 is 0 Å². The molecule has 0 atom stereocenters. The van der Waals surface area contributed by atoms with E-state index in [0.717, 1.165) is 32.5 Å². The van der Waals surface area contributed by atoms with Crippen LogP contribution in [0.2, 0.25) is 0 Å². The van der Waals surface area contributed by atoms with E-state index in [1.807, 2.05) is 6.92 Å². The minimum Gasteiger partial charge on any atom is -0.463 e. The Morgan fingerprint density at radius 1 is 0.667 bits per heavy atom. The van der Waals surface area contributed by atoms with E-state index in [2.05, 4.69) is 16.4 Å². The molecule has 126 valence electrons. The summed E-state index contributed by atoms with van der Waals surface area (Å²) >= 11 is 0. The van der Waals surface area contributed by atoms with Crippen molar-refractivity contribution in [3.05, 3.63) is 0 Å². The summed E-state index contributed by atoms with van der Waals surface area (Å²) in [6.45, 7) is 10.2. The van der Waals surface area contributed by atoms with E-state index in [0.29, 0.717) is 26.4 Å². The zero-order valence-corrected chi connectivity index (χ0v) is 13.8. The molecular formula is C15H30O6. The largest absolute Gasteiger partial charge is 0.463 e. The van der Waals surface area contributed by atoms with Gasteiger partial charge in [0.25, 0.3) is 0 Å². The van der Waals surface area contributed by atoms with E-state index in [9.17, 15) is 9.59 Å². The van der Waals surface area contributed by atoms with E-state index < -0.39 is 0 Å². The van der Waals surface area contributed by atoms with Crippen LogP contribution in [0.5, 0.6) is 0 Å². The summed E-state index contributed by atoms with van der Waals surface area (Å²) in [6, 6.07) is 0. The summed E-state index contributed by atoms with van der Waals surface area (Å²) in [4.78, 5) is 20.5. The quantitative estimate of drug-likeness (QED) is 0.431. The molecule has 0 aromatic rings. The van der Waals surface area contributed by atoms with Gasteiger partial charge in [-0.05, 0) is 12.8 Å². The first kappa shape index (κ1) is 22.1. The van der Waals surface area contributed by atoms with Crippen molar-refractivity contribution in [2.24, 2.45) is 0 Å². The highest BCUT2D eigenvalue weighted by Crippen LogP contribution is 1.87. The first-order chi connectivity index (χ1) is 10.0. The minimum absolute atomic E-state index is 0.246. The van der Waals surface area contributed by atoms with Gasteiger partial charge in [0.05, 0.1) is 13.2 Å². The first-order valence-electron chi connectivity index (χ1n) is 7.46. The number of rotatable bonds is 11. The highest BCUT2D eigenvalue weighted by molar-refractivity contribution is 5.66. The van der Waals surface area contributed by atoms with Gasteiger partial charge in [-0.2, -0.15) is 0 Å². The molecule has 0 N–H and O–H groups in total. The lowest BCUT2D eigenvalue weighted by Gasteiger charge is -2.02. The molecule has 0 aromatic carbocycles. The summed E-state index contributed by atoms with van der Waals surface area (Å²) in [5.41, 5.74) is 0. The third kappa shape index (κ3) is 27.9. The van der Waals surface area contributed by atoms with E-state index in [4.69, 9.17) is 9.47 Å². The molecule has 0 amide bonds. The average molecular weight is 306 g/mol. The third-order valence-corrected chi connectivity index (χ3v) is 2.06. The van der Waals surface area contributed by atoms with Crippen molar-refractivity contribution in [1.82, 2.24) is 0 Å². The molecule has 6 nitrogen and oxygen atoms in total. The Labute approximate surface area is 128 Å². The molecule has 0 radical (unpaired) electrons. The Morgan fingerprint density at radius 3 is 1.52 bits per heavy atom. The SMILES string of the molecule is CCCCOCCOC(C)=O.CCCOCCOC(C)=O. The molecule has 0 aliphatic heterocycles. The summed E-state index contributed by atoms with van der Waals surface area (Å²) in [6.07, 6.45) is 3.20. The number of esters is 2. The first-order valence-corrected chi connectivity index (χ1v) is 7.46. The number of hydrogen-bond acceptors (Lipinski definition) is 6. The Balaban J connectivity index is 0. The lowest BCUT2D eigenvalue weighted by molar-refractivity contribution is -0.143. The van der Waals surface area contributed by atoms with Crippen LogP contribution in [0.1, 0.15) is 47.0 Å². The van der Waals surface area contributed by atoms with Crippen LogP contribution in [0.4, 0.5) is 0 Å². The van der Waals surface area contributed by atoms with Crippen molar-refractivity contribution in [2.45, 2.75) is 47.0 Å². The molecule has 0 aliphatic carbocycles. The molecule has 0 unspecified atom stereocenters. The molecule has 0 heterocycles. The second kappa shape index (κ2) is 18.9. The van der Waals surface area contributed by atoms with Crippen LogP contribution in [0.15, 0.2) is 0 Å². The van der Waals surface area contributed by atoms with Crippen LogP contribution in [0, 0.1) is 0 Å². The smallest absolute Gasteiger partial charge is 0.302 e. The van der Waals surface area contributed by atoms with Crippen LogP contribution in [0.3, 0.4) is 0 Å². The summed E-state index contributed by atoms with van der Waals surface area (Å²) < 4.78 is 19.5. The van der Waals surface area contributed by atoms with Gasteiger partial charge in [0.2, 0.25) is 0 Å². The van der Waals surface area contributed by atoms with Crippen LogP contribution < -0.4 is 0 Å². The molecule has 0 fully saturated rings. The minimum atomic E-state index is -0.250. The van der Waals surface area contributed by atoms with Crippen LogP contribution in [0.25, 0.3) is 0 Å². The van der Waals surface area contributed by atoms with E-state index >= 15 is 0 Å². The number of hydrogen-bond donors (Lipinski definition) is 0. The fraction of sp³-hybridized carbons (Fsp3) is 0.867. The maximum absolute atomic E-state index is 10.3. The molecule has 0 aliphatic rings. The molecule has 0 bridgehead atoms. The van der Waals surface area contributed by atoms with Crippen molar-refractivity contribution >= 4 is 11.9 Å². The van der Waals surface area contributed by atoms with Crippen molar-refractivity contribution in [1.29, 1.82) is 0 Å². The molecule has 0 spiro atoms. The van der Waals surface area contributed by atoms with Gasteiger partial charge in [0.15, 0.2) is 0 Å². The highest BCUT2D eigenvalue weighted by atomic mass is 16.6. The van der Waals surface area contributed by atoms with Crippen LogP contribution in [-0.4, -0.2) is 51.6 Å². The van der Waals surface area contributed by atoms with Gasteiger partial charge in [0.1, 0.15) is 13.2 Å². The standard InChI is InChI=1S/C8H16O3.C7H14O3/c1-3-4-5-10-6-7-11-8(2)9;1-3-4-9-5-6-10-7(2)8/h3-7H2,1-2H3;3-6H2,1-2H3. The van der Waals surface area contributed by atoms with Crippen molar-refractivity contribution in [3.63, 3.8) is 0 Å². The highest BCUT2D eigenvalue weighted by Gasteiger charge is 1.92. The van der Waals surface area contributed by atoms with Gasteiger partial charge in [0, 0.05) is 27.1 Å². The Morgan fingerprint density at radius 2 is 1.14 bits per heavy atom. The Hall–Kier alpha value is -1.14. The zero-order valence-electron chi connectivity index (χ0n) is 13.8. The maximum Gasteiger partial charge on any atom is 0.302 e. The van der Waals surface area contributed by atoms with Gasteiger partial charge in [-0.15, -0.1) is 0 Å². The molecular weight excluding hydrogens is 276 g/mol. The van der Waals surface area contributed by atoms with E-state index in [1.165, 1.54) is 13.8 Å². The summed E-state index contributed by atoms with van der Waals surface area (Å²) in [7, 11) is 0. The fourth-order valence-corrected chi connectivity index (χ4v) is 1.08. The predicted molar refractivity (Wildman–Crippen MR) is 80.1 cm³/mol. The van der Waals surface area contributed by atoms with Gasteiger partial charge >= 0.3 is 11.9 Å². The molecule has 0 rings (SSSR count). The van der Waals surface area contributed by atoms with Crippen molar-refractivity contribution in [2.75, 3.05) is 39.6 Å². The van der Waals surface area contributed by atoms with E-state index in [1.54, 1.807) is 0 Å². The predicted octanol–water partition coefficient (Wildman–Crippen LogP) is 2.34. The molecule has 0 saturated heterocycles. The number of carbonyl (C=O) groups is 2. The molecule has 0 saturated carbocycles. The van der Waals surface area contributed by atoms with Gasteiger partial charge in [-0.25, -0.2) is 0 Å². The monoisotopic (exact) mass is 306 g/mol. The lowest BCUT2D eigenvalue weighted by Crippen LogP contribution is -2.07. The number of unbranched alkanes of at least 4 members (excludes halogenated alkanes) is 1. The fourth-order valence-electron chi connectivity index (χ4n) is 1.08. The zero-order chi connectivity index (χ0) is 16.3. The number of ether oxygens (including phenoxy) is 4. The van der Waals surface area contributed by atoms with Gasteiger partial charge in [-0.1, -0.05) is 20.3 Å². The maximum atomic E-state index is 10.3. The molecule has 0 aromatic heterocycles. The van der Waals surface area contributed by atoms with Gasteiger partial charge < -0.3 is 18.9 Å². The summed E-state index contributed by atoms with van der Waals surface area (Å²) in [5.74, 6) is -0.496. The van der Waals surface area contributed by atoms with Gasteiger partial charge in [-0.3, -0.25) is 9.59 Å². The Kier molecular flexibility index (Phi) is 19.9.